The van der Waals surface area contributed by atoms with Crippen LogP contribution in [0.5, 0.6) is 5.75 Å². The Bertz CT molecular complexity index is 443. The molecule has 0 aromatic heterocycles. The van der Waals surface area contributed by atoms with Crippen molar-refractivity contribution in [3.63, 3.8) is 0 Å². The zero-order valence-electron chi connectivity index (χ0n) is 10.8. The number of hydrogen-bond acceptors (Lipinski definition) is 4. The van der Waals surface area contributed by atoms with Crippen LogP contribution in [0.2, 0.25) is 0 Å². The van der Waals surface area contributed by atoms with E-state index in [9.17, 15) is 8.42 Å². The van der Waals surface area contributed by atoms with E-state index in [1.165, 1.54) is 0 Å². The summed E-state index contributed by atoms with van der Waals surface area (Å²) < 4.78 is 31.2. The van der Waals surface area contributed by atoms with E-state index in [0.717, 1.165) is 12.2 Å². The first-order chi connectivity index (χ1) is 8.57. The number of nitrogens with one attached hydrogen (secondary N) is 2. The summed E-state index contributed by atoms with van der Waals surface area (Å²) in [7, 11) is -1.56. The van der Waals surface area contributed by atoms with Gasteiger partial charge in [0, 0.05) is 12.2 Å². The van der Waals surface area contributed by atoms with Crippen LogP contribution in [0.25, 0.3) is 0 Å². The predicted octanol–water partition coefficient (Wildman–Crippen LogP) is 1.44. The summed E-state index contributed by atoms with van der Waals surface area (Å²) in [6.07, 6.45) is 0.943. The van der Waals surface area contributed by atoms with E-state index in [0.29, 0.717) is 18.8 Å². The van der Waals surface area contributed by atoms with Crippen molar-refractivity contribution in [1.29, 1.82) is 0 Å². The van der Waals surface area contributed by atoms with Crippen molar-refractivity contribution in [2.75, 3.05) is 30.7 Å². The minimum absolute atomic E-state index is 0.0532. The van der Waals surface area contributed by atoms with Gasteiger partial charge >= 0.3 is 0 Å². The van der Waals surface area contributed by atoms with E-state index in [-0.39, 0.29) is 5.75 Å². The largest absolute Gasteiger partial charge is 0.494 e. The normalized spacial score (nSPS) is 11.2. The second-order valence-corrected chi connectivity index (χ2v) is 5.74. The van der Waals surface area contributed by atoms with E-state index in [2.05, 4.69) is 10.0 Å². The van der Waals surface area contributed by atoms with Crippen LogP contribution in [0.3, 0.4) is 0 Å². The molecule has 18 heavy (non-hydrogen) atoms. The molecular formula is C12H20N2O3S. The Morgan fingerprint density at radius 2 is 1.89 bits per heavy atom. The van der Waals surface area contributed by atoms with Crippen molar-refractivity contribution >= 4 is 15.7 Å². The predicted molar refractivity (Wildman–Crippen MR) is 73.6 cm³/mol. The summed E-state index contributed by atoms with van der Waals surface area (Å²) in [6.45, 7) is 3.12. The van der Waals surface area contributed by atoms with Gasteiger partial charge in [-0.1, -0.05) is 6.92 Å². The molecule has 0 radical (unpaired) electrons. The third kappa shape index (κ3) is 5.37. The number of anilines is 1. The van der Waals surface area contributed by atoms with Crippen molar-refractivity contribution in [3.05, 3.63) is 24.3 Å². The molecular weight excluding hydrogens is 252 g/mol. The minimum Gasteiger partial charge on any atom is -0.494 e. The fourth-order valence-electron chi connectivity index (χ4n) is 1.31. The second kappa shape index (κ2) is 7.23. The molecule has 0 aliphatic heterocycles. The first-order valence-electron chi connectivity index (χ1n) is 5.95. The quantitative estimate of drug-likeness (QED) is 0.751. The van der Waals surface area contributed by atoms with Gasteiger partial charge in [-0.2, -0.15) is 0 Å². The zero-order chi connectivity index (χ0) is 13.4. The van der Waals surface area contributed by atoms with Gasteiger partial charge in [-0.3, -0.25) is 4.72 Å². The van der Waals surface area contributed by atoms with Gasteiger partial charge in [0.25, 0.3) is 0 Å². The first kappa shape index (κ1) is 14.8. The molecule has 0 spiro atoms. The van der Waals surface area contributed by atoms with E-state index in [4.69, 9.17) is 4.74 Å². The Hall–Kier alpha value is -1.27. The molecule has 0 unspecified atom stereocenters. The molecule has 1 rings (SSSR count). The molecule has 0 amide bonds. The molecule has 0 fully saturated rings. The molecule has 0 saturated carbocycles. The Morgan fingerprint density at radius 3 is 2.44 bits per heavy atom. The highest BCUT2D eigenvalue weighted by Crippen LogP contribution is 2.16. The average Bonchev–Trinajstić information content (AvgIpc) is 2.35. The van der Waals surface area contributed by atoms with Gasteiger partial charge in [-0.05, 0) is 37.7 Å². The molecule has 102 valence electrons. The SMILES string of the molecule is CCCOc1ccc(NS(=O)(=O)CCNC)cc1. The fourth-order valence-corrected chi connectivity index (χ4v) is 2.38. The van der Waals surface area contributed by atoms with Crippen molar-refractivity contribution in [3.8, 4) is 5.75 Å². The van der Waals surface area contributed by atoms with Crippen LogP contribution in [0.15, 0.2) is 24.3 Å². The Labute approximate surface area is 109 Å². The van der Waals surface area contributed by atoms with Crippen LogP contribution >= 0.6 is 0 Å². The van der Waals surface area contributed by atoms with E-state index < -0.39 is 10.0 Å². The molecule has 2 N–H and O–H groups in total. The highest BCUT2D eigenvalue weighted by Gasteiger charge is 2.09. The number of rotatable bonds is 8. The Morgan fingerprint density at radius 1 is 1.22 bits per heavy atom. The van der Waals surface area contributed by atoms with Gasteiger partial charge in [0.1, 0.15) is 5.75 Å². The van der Waals surface area contributed by atoms with Crippen LogP contribution in [0, 0.1) is 0 Å². The van der Waals surface area contributed by atoms with Crippen LogP contribution in [0.1, 0.15) is 13.3 Å². The maximum absolute atomic E-state index is 11.6. The molecule has 6 heteroatoms. The van der Waals surface area contributed by atoms with Crippen LogP contribution in [-0.2, 0) is 10.0 Å². The standard InChI is InChI=1S/C12H20N2O3S/c1-3-9-17-12-6-4-11(5-7-12)14-18(15,16)10-8-13-2/h4-7,13-14H,3,8-10H2,1-2H3. The molecule has 0 heterocycles. The lowest BCUT2D eigenvalue weighted by Gasteiger charge is -2.09. The zero-order valence-corrected chi connectivity index (χ0v) is 11.6. The minimum atomic E-state index is -3.28. The van der Waals surface area contributed by atoms with Crippen molar-refractivity contribution in [2.24, 2.45) is 0 Å². The van der Waals surface area contributed by atoms with Gasteiger partial charge in [0.2, 0.25) is 10.0 Å². The molecule has 0 aliphatic rings. The highest BCUT2D eigenvalue weighted by atomic mass is 32.2. The first-order valence-corrected chi connectivity index (χ1v) is 7.60. The molecule has 5 nitrogen and oxygen atoms in total. The number of hydrogen-bond donors (Lipinski definition) is 2. The van der Waals surface area contributed by atoms with Gasteiger partial charge in [0.05, 0.1) is 12.4 Å². The fraction of sp³-hybridized carbons (Fsp3) is 0.500. The van der Waals surface area contributed by atoms with Gasteiger partial charge in [0.15, 0.2) is 0 Å². The number of benzene rings is 1. The summed E-state index contributed by atoms with van der Waals surface area (Å²) in [5, 5.41) is 2.80. The summed E-state index contributed by atoms with van der Waals surface area (Å²) in [4.78, 5) is 0. The Kier molecular flexibility index (Phi) is 5.94. The highest BCUT2D eigenvalue weighted by molar-refractivity contribution is 7.92. The number of sulfonamides is 1. The molecule has 1 aromatic carbocycles. The van der Waals surface area contributed by atoms with E-state index in [1.54, 1.807) is 31.3 Å². The third-order valence-electron chi connectivity index (χ3n) is 2.22. The van der Waals surface area contributed by atoms with E-state index >= 15 is 0 Å². The van der Waals surface area contributed by atoms with Crippen LogP contribution in [0.4, 0.5) is 5.69 Å². The summed E-state index contributed by atoms with van der Waals surface area (Å²) >= 11 is 0. The number of ether oxygens (including phenoxy) is 1. The average molecular weight is 272 g/mol. The molecule has 0 saturated heterocycles. The van der Waals surface area contributed by atoms with Crippen molar-refractivity contribution in [2.45, 2.75) is 13.3 Å². The van der Waals surface area contributed by atoms with Crippen LogP contribution < -0.4 is 14.8 Å². The maximum Gasteiger partial charge on any atom is 0.233 e. The summed E-state index contributed by atoms with van der Waals surface area (Å²) in [5.74, 6) is 0.799. The molecule has 0 aliphatic carbocycles. The van der Waals surface area contributed by atoms with Gasteiger partial charge < -0.3 is 10.1 Å². The summed E-state index contributed by atoms with van der Waals surface area (Å²) in [6, 6.07) is 6.90. The third-order valence-corrected chi connectivity index (χ3v) is 3.51. The van der Waals surface area contributed by atoms with Gasteiger partial charge in [-0.25, -0.2) is 8.42 Å². The smallest absolute Gasteiger partial charge is 0.233 e. The molecule has 0 bridgehead atoms. The lowest BCUT2D eigenvalue weighted by atomic mass is 10.3. The van der Waals surface area contributed by atoms with Crippen LogP contribution in [-0.4, -0.2) is 34.4 Å². The second-order valence-electron chi connectivity index (χ2n) is 3.90. The van der Waals surface area contributed by atoms with Gasteiger partial charge in [-0.15, -0.1) is 0 Å². The molecule has 0 atom stereocenters. The topological polar surface area (TPSA) is 67.4 Å². The lowest BCUT2D eigenvalue weighted by Crippen LogP contribution is -2.24. The Balaban J connectivity index is 2.57. The van der Waals surface area contributed by atoms with Crippen molar-refractivity contribution in [1.82, 2.24) is 5.32 Å². The lowest BCUT2D eigenvalue weighted by molar-refractivity contribution is 0.317. The maximum atomic E-state index is 11.6. The monoisotopic (exact) mass is 272 g/mol. The van der Waals surface area contributed by atoms with E-state index in [1.807, 2.05) is 6.92 Å². The van der Waals surface area contributed by atoms with Crippen molar-refractivity contribution < 1.29 is 13.2 Å². The molecule has 1 aromatic rings. The summed E-state index contributed by atoms with van der Waals surface area (Å²) in [5.41, 5.74) is 0.551.